The van der Waals surface area contributed by atoms with Gasteiger partial charge in [-0.15, -0.1) is 0 Å². The van der Waals surface area contributed by atoms with E-state index in [2.05, 4.69) is 12.2 Å². The summed E-state index contributed by atoms with van der Waals surface area (Å²) in [5, 5.41) is 3.47. The Morgan fingerprint density at radius 3 is 2.76 bits per heavy atom. The number of hydrogen-bond acceptors (Lipinski definition) is 3. The number of carbonyl (C=O) groups is 1. The van der Waals surface area contributed by atoms with Crippen LogP contribution in [-0.2, 0) is 9.53 Å². The Balaban J connectivity index is 1.82. The van der Waals surface area contributed by atoms with Crippen molar-refractivity contribution in [3.8, 4) is 0 Å². The van der Waals surface area contributed by atoms with Gasteiger partial charge in [0, 0.05) is 25.7 Å². The van der Waals surface area contributed by atoms with Crippen LogP contribution < -0.4 is 5.32 Å². The zero-order valence-electron chi connectivity index (χ0n) is 10.9. The lowest BCUT2D eigenvalue weighted by Gasteiger charge is -2.32. The van der Waals surface area contributed by atoms with Crippen molar-refractivity contribution in [1.29, 1.82) is 0 Å². The fourth-order valence-electron chi connectivity index (χ4n) is 2.73. The van der Waals surface area contributed by atoms with Crippen LogP contribution in [0, 0.1) is 5.92 Å². The highest BCUT2D eigenvalue weighted by atomic mass is 16.5. The van der Waals surface area contributed by atoms with Gasteiger partial charge >= 0.3 is 0 Å². The molecule has 0 aromatic carbocycles. The van der Waals surface area contributed by atoms with E-state index in [1.165, 1.54) is 0 Å². The molecule has 0 aromatic heterocycles. The molecule has 17 heavy (non-hydrogen) atoms. The highest BCUT2D eigenvalue weighted by Crippen LogP contribution is 2.15. The normalized spacial score (nSPS) is 31.5. The van der Waals surface area contributed by atoms with Gasteiger partial charge < -0.3 is 15.0 Å². The standard InChI is InChI=1S/C13H24N2O2/c1-10-9-17-8-5-12(10)14-11(2)13(16)15-6-3-4-7-15/h10-12,14H,3-9H2,1-2H3. The second-order valence-corrected chi connectivity index (χ2v) is 5.37. The van der Waals surface area contributed by atoms with E-state index < -0.39 is 0 Å². The van der Waals surface area contributed by atoms with E-state index in [1.807, 2.05) is 11.8 Å². The van der Waals surface area contributed by atoms with Crippen LogP contribution in [0.15, 0.2) is 0 Å². The number of rotatable bonds is 3. The lowest BCUT2D eigenvalue weighted by Crippen LogP contribution is -2.51. The molecule has 2 saturated heterocycles. The molecular formula is C13H24N2O2. The molecular weight excluding hydrogens is 216 g/mol. The molecule has 1 amide bonds. The molecule has 2 fully saturated rings. The third-order valence-electron chi connectivity index (χ3n) is 3.89. The molecule has 2 aliphatic heterocycles. The Morgan fingerprint density at radius 2 is 2.12 bits per heavy atom. The summed E-state index contributed by atoms with van der Waals surface area (Å²) < 4.78 is 5.42. The summed E-state index contributed by atoms with van der Waals surface area (Å²) in [7, 11) is 0. The molecule has 98 valence electrons. The van der Waals surface area contributed by atoms with Crippen molar-refractivity contribution < 1.29 is 9.53 Å². The molecule has 0 aliphatic carbocycles. The van der Waals surface area contributed by atoms with E-state index in [-0.39, 0.29) is 11.9 Å². The summed E-state index contributed by atoms with van der Waals surface area (Å²) in [6.07, 6.45) is 3.33. The average molecular weight is 240 g/mol. The predicted molar refractivity (Wildman–Crippen MR) is 66.8 cm³/mol. The smallest absolute Gasteiger partial charge is 0.239 e. The van der Waals surface area contributed by atoms with E-state index in [9.17, 15) is 4.79 Å². The summed E-state index contributed by atoms with van der Waals surface area (Å²) >= 11 is 0. The molecule has 0 radical (unpaired) electrons. The first-order chi connectivity index (χ1) is 8.18. The molecule has 0 spiro atoms. The van der Waals surface area contributed by atoms with Gasteiger partial charge in [0.15, 0.2) is 0 Å². The minimum Gasteiger partial charge on any atom is -0.381 e. The predicted octanol–water partition coefficient (Wildman–Crippen LogP) is 1.01. The maximum Gasteiger partial charge on any atom is 0.239 e. The van der Waals surface area contributed by atoms with E-state index in [4.69, 9.17) is 4.74 Å². The lowest BCUT2D eigenvalue weighted by molar-refractivity contribution is -0.132. The first kappa shape index (κ1) is 12.8. The monoisotopic (exact) mass is 240 g/mol. The number of hydrogen-bond donors (Lipinski definition) is 1. The van der Waals surface area contributed by atoms with Crippen molar-refractivity contribution >= 4 is 5.91 Å². The highest BCUT2D eigenvalue weighted by Gasteiger charge is 2.28. The minimum absolute atomic E-state index is 0.0568. The van der Waals surface area contributed by atoms with Gasteiger partial charge in [0.2, 0.25) is 5.91 Å². The molecule has 3 unspecified atom stereocenters. The van der Waals surface area contributed by atoms with Gasteiger partial charge in [0.05, 0.1) is 12.6 Å². The summed E-state index contributed by atoms with van der Waals surface area (Å²) in [6, 6.07) is 0.365. The molecule has 0 aromatic rings. The Kier molecular flexibility index (Phi) is 4.40. The van der Waals surface area contributed by atoms with Gasteiger partial charge in [-0.05, 0) is 32.1 Å². The number of ether oxygens (including phenoxy) is 1. The quantitative estimate of drug-likeness (QED) is 0.800. The van der Waals surface area contributed by atoms with Gasteiger partial charge in [-0.1, -0.05) is 6.92 Å². The van der Waals surface area contributed by atoms with Crippen LogP contribution in [0.1, 0.15) is 33.1 Å². The number of likely N-dealkylation sites (tertiary alicyclic amines) is 1. The molecule has 4 heteroatoms. The average Bonchev–Trinajstić information content (AvgIpc) is 2.84. The van der Waals surface area contributed by atoms with Gasteiger partial charge in [0.25, 0.3) is 0 Å². The van der Waals surface area contributed by atoms with Crippen molar-refractivity contribution in [2.45, 2.75) is 45.2 Å². The fourth-order valence-corrected chi connectivity index (χ4v) is 2.73. The maximum atomic E-state index is 12.2. The van der Waals surface area contributed by atoms with Crippen LogP contribution in [0.2, 0.25) is 0 Å². The summed E-state index contributed by atoms with van der Waals surface area (Å²) in [5.41, 5.74) is 0. The first-order valence-electron chi connectivity index (χ1n) is 6.81. The molecule has 3 atom stereocenters. The van der Waals surface area contributed by atoms with Crippen LogP contribution in [0.4, 0.5) is 0 Å². The van der Waals surface area contributed by atoms with Gasteiger partial charge in [-0.2, -0.15) is 0 Å². The molecule has 4 nitrogen and oxygen atoms in total. The van der Waals surface area contributed by atoms with E-state index in [0.717, 1.165) is 45.6 Å². The van der Waals surface area contributed by atoms with Crippen LogP contribution >= 0.6 is 0 Å². The SMILES string of the molecule is CC(NC1CCOCC1C)C(=O)N1CCCC1. The number of nitrogens with zero attached hydrogens (tertiary/aromatic N) is 1. The molecule has 1 N–H and O–H groups in total. The first-order valence-corrected chi connectivity index (χ1v) is 6.81. The lowest BCUT2D eigenvalue weighted by atomic mass is 9.97. The third-order valence-corrected chi connectivity index (χ3v) is 3.89. The largest absolute Gasteiger partial charge is 0.381 e. The molecule has 2 heterocycles. The maximum absolute atomic E-state index is 12.2. The third kappa shape index (κ3) is 3.19. The highest BCUT2D eigenvalue weighted by molar-refractivity contribution is 5.81. The Labute approximate surface area is 104 Å². The zero-order chi connectivity index (χ0) is 12.3. The molecule has 0 bridgehead atoms. The van der Waals surface area contributed by atoms with Crippen LogP contribution in [0.5, 0.6) is 0 Å². The summed E-state index contributed by atoms with van der Waals surface area (Å²) in [4.78, 5) is 14.1. The Morgan fingerprint density at radius 1 is 1.41 bits per heavy atom. The van der Waals surface area contributed by atoms with Crippen molar-refractivity contribution in [3.05, 3.63) is 0 Å². The Hall–Kier alpha value is -0.610. The van der Waals surface area contributed by atoms with Crippen molar-refractivity contribution in [1.82, 2.24) is 10.2 Å². The number of amides is 1. The number of nitrogens with one attached hydrogen (secondary N) is 1. The number of carbonyl (C=O) groups excluding carboxylic acids is 1. The molecule has 0 saturated carbocycles. The van der Waals surface area contributed by atoms with Gasteiger partial charge in [-0.3, -0.25) is 4.79 Å². The van der Waals surface area contributed by atoms with Crippen LogP contribution in [0.3, 0.4) is 0 Å². The second-order valence-electron chi connectivity index (χ2n) is 5.37. The summed E-state index contributed by atoms with van der Waals surface area (Å²) in [6.45, 7) is 7.67. The zero-order valence-corrected chi connectivity index (χ0v) is 10.9. The minimum atomic E-state index is -0.0568. The van der Waals surface area contributed by atoms with Gasteiger partial charge in [-0.25, -0.2) is 0 Å². The van der Waals surface area contributed by atoms with Crippen molar-refractivity contribution in [2.24, 2.45) is 5.92 Å². The Bertz CT molecular complexity index is 264. The molecule has 2 rings (SSSR count). The van der Waals surface area contributed by atoms with E-state index in [1.54, 1.807) is 0 Å². The van der Waals surface area contributed by atoms with Crippen LogP contribution in [-0.4, -0.2) is 49.2 Å². The van der Waals surface area contributed by atoms with Crippen molar-refractivity contribution in [2.75, 3.05) is 26.3 Å². The van der Waals surface area contributed by atoms with Crippen LogP contribution in [0.25, 0.3) is 0 Å². The van der Waals surface area contributed by atoms with Gasteiger partial charge in [0.1, 0.15) is 0 Å². The summed E-state index contributed by atoms with van der Waals surface area (Å²) in [5.74, 6) is 0.763. The van der Waals surface area contributed by atoms with E-state index in [0.29, 0.717) is 12.0 Å². The second kappa shape index (κ2) is 5.83. The topological polar surface area (TPSA) is 41.6 Å². The van der Waals surface area contributed by atoms with Crippen molar-refractivity contribution in [3.63, 3.8) is 0 Å². The fraction of sp³-hybridized carbons (Fsp3) is 0.923. The molecule has 2 aliphatic rings. The van der Waals surface area contributed by atoms with E-state index >= 15 is 0 Å².